The van der Waals surface area contributed by atoms with Crippen molar-refractivity contribution < 1.29 is 14.4 Å². The molecule has 174 valence electrons. The number of anilines is 1. The lowest BCUT2D eigenvalue weighted by Gasteiger charge is -2.18. The average Bonchev–Trinajstić information content (AvgIpc) is 3.30. The van der Waals surface area contributed by atoms with E-state index in [0.29, 0.717) is 27.5 Å². The zero-order valence-corrected chi connectivity index (χ0v) is 20.1. The quantitative estimate of drug-likeness (QED) is 0.374. The van der Waals surface area contributed by atoms with Crippen LogP contribution in [0.2, 0.25) is 0 Å². The fourth-order valence-corrected chi connectivity index (χ4v) is 4.88. The van der Waals surface area contributed by atoms with E-state index >= 15 is 0 Å². The molecule has 1 aromatic heterocycles. The van der Waals surface area contributed by atoms with Crippen molar-refractivity contribution in [1.82, 2.24) is 20.2 Å². The van der Waals surface area contributed by atoms with Crippen LogP contribution in [0.3, 0.4) is 0 Å². The summed E-state index contributed by atoms with van der Waals surface area (Å²) in [7, 11) is 0. The lowest BCUT2D eigenvalue weighted by molar-refractivity contribution is -0.115. The Labute approximate surface area is 205 Å². The standard InChI is InChI=1S/C26H21N5O3S/c1-14-8-11-22(15(2)12-14)31-26(28-29-30-31)35-16(3)25(34)27-17-9-10-20-21(13-17)24(33)19-7-5-4-6-18(19)23(20)32/h4-13,16H,1-3H3,(H,27,34). The number of thioether (sulfide) groups is 1. The molecule has 5 rings (SSSR count). The first-order chi connectivity index (χ1) is 16.8. The highest BCUT2D eigenvalue weighted by Gasteiger charge is 2.29. The highest BCUT2D eigenvalue weighted by atomic mass is 32.2. The molecule has 3 aromatic carbocycles. The number of fused-ring (bicyclic) bond motifs is 2. The monoisotopic (exact) mass is 483 g/mol. The van der Waals surface area contributed by atoms with Gasteiger partial charge in [-0.2, -0.15) is 4.68 Å². The molecule has 0 saturated carbocycles. The molecule has 1 aliphatic rings. The number of aryl methyl sites for hydroxylation is 2. The molecule has 1 N–H and O–H groups in total. The summed E-state index contributed by atoms with van der Waals surface area (Å²) in [6, 6.07) is 17.5. The molecular formula is C26H21N5O3S. The number of carbonyl (C=O) groups excluding carboxylic acids is 3. The molecule has 0 aliphatic heterocycles. The van der Waals surface area contributed by atoms with E-state index in [2.05, 4.69) is 20.8 Å². The average molecular weight is 484 g/mol. The van der Waals surface area contributed by atoms with Gasteiger partial charge in [-0.05, 0) is 61.0 Å². The van der Waals surface area contributed by atoms with Crippen LogP contribution in [0.1, 0.15) is 49.9 Å². The van der Waals surface area contributed by atoms with Gasteiger partial charge in [-0.1, -0.05) is 53.7 Å². The van der Waals surface area contributed by atoms with Gasteiger partial charge in [-0.15, -0.1) is 5.10 Å². The SMILES string of the molecule is Cc1ccc(-n2nnnc2SC(C)C(=O)Nc2ccc3c(c2)C(=O)c2ccccc2C3=O)c(C)c1. The number of amides is 1. The minimum atomic E-state index is -0.528. The van der Waals surface area contributed by atoms with Crippen molar-refractivity contribution in [3.05, 3.63) is 94.0 Å². The topological polar surface area (TPSA) is 107 Å². The molecular weight excluding hydrogens is 462 g/mol. The maximum atomic E-state index is 13.0. The molecule has 1 aliphatic carbocycles. The largest absolute Gasteiger partial charge is 0.325 e. The molecule has 4 aromatic rings. The van der Waals surface area contributed by atoms with Crippen LogP contribution in [-0.4, -0.2) is 42.9 Å². The lowest BCUT2D eigenvalue weighted by Crippen LogP contribution is -2.24. The van der Waals surface area contributed by atoms with Crippen LogP contribution >= 0.6 is 11.8 Å². The summed E-state index contributed by atoms with van der Waals surface area (Å²) < 4.78 is 1.61. The summed E-state index contributed by atoms with van der Waals surface area (Å²) >= 11 is 1.23. The van der Waals surface area contributed by atoms with E-state index in [1.54, 1.807) is 54.1 Å². The van der Waals surface area contributed by atoms with Crippen LogP contribution in [0.5, 0.6) is 0 Å². The van der Waals surface area contributed by atoms with Crippen molar-refractivity contribution in [1.29, 1.82) is 0 Å². The molecule has 0 spiro atoms. The number of ketones is 2. The number of aromatic nitrogens is 4. The van der Waals surface area contributed by atoms with Crippen molar-refractivity contribution >= 4 is 34.9 Å². The Bertz CT molecular complexity index is 1510. The maximum Gasteiger partial charge on any atom is 0.237 e. The minimum Gasteiger partial charge on any atom is -0.325 e. The Kier molecular flexibility index (Phi) is 5.78. The predicted molar refractivity (Wildman–Crippen MR) is 132 cm³/mol. The third-order valence-electron chi connectivity index (χ3n) is 5.87. The first kappa shape index (κ1) is 22.7. The highest BCUT2D eigenvalue weighted by Crippen LogP contribution is 2.30. The third-order valence-corrected chi connectivity index (χ3v) is 6.90. The van der Waals surface area contributed by atoms with Gasteiger partial charge in [-0.3, -0.25) is 14.4 Å². The molecule has 0 saturated heterocycles. The number of tetrazole rings is 1. The number of hydrogen-bond donors (Lipinski definition) is 1. The normalized spacial score (nSPS) is 13.2. The maximum absolute atomic E-state index is 13.0. The summed E-state index contributed by atoms with van der Waals surface area (Å²) in [4.78, 5) is 38.7. The van der Waals surface area contributed by atoms with Crippen molar-refractivity contribution in [3.8, 4) is 5.69 Å². The molecule has 0 radical (unpaired) electrons. The van der Waals surface area contributed by atoms with Gasteiger partial charge in [0.1, 0.15) is 0 Å². The molecule has 1 amide bonds. The molecule has 0 bridgehead atoms. The van der Waals surface area contributed by atoms with E-state index in [9.17, 15) is 14.4 Å². The van der Waals surface area contributed by atoms with E-state index < -0.39 is 5.25 Å². The lowest BCUT2D eigenvalue weighted by atomic mass is 9.84. The predicted octanol–water partition coefficient (Wildman–Crippen LogP) is 4.17. The van der Waals surface area contributed by atoms with Crippen LogP contribution in [0, 0.1) is 13.8 Å². The van der Waals surface area contributed by atoms with Crippen LogP contribution in [0.4, 0.5) is 5.69 Å². The van der Waals surface area contributed by atoms with Gasteiger partial charge in [0.2, 0.25) is 11.1 Å². The zero-order chi connectivity index (χ0) is 24.7. The zero-order valence-electron chi connectivity index (χ0n) is 19.3. The Morgan fingerprint density at radius 3 is 2.31 bits per heavy atom. The third kappa shape index (κ3) is 4.15. The van der Waals surface area contributed by atoms with Gasteiger partial charge in [0, 0.05) is 27.9 Å². The fraction of sp³-hybridized carbons (Fsp3) is 0.154. The van der Waals surface area contributed by atoms with Crippen molar-refractivity contribution in [2.75, 3.05) is 5.32 Å². The Morgan fingerprint density at radius 2 is 1.60 bits per heavy atom. The van der Waals surface area contributed by atoms with E-state index in [4.69, 9.17) is 0 Å². The van der Waals surface area contributed by atoms with Crippen LogP contribution in [-0.2, 0) is 4.79 Å². The summed E-state index contributed by atoms with van der Waals surface area (Å²) in [5.74, 6) is -0.711. The number of rotatable bonds is 5. The number of benzene rings is 3. The van der Waals surface area contributed by atoms with Gasteiger partial charge < -0.3 is 5.32 Å². The summed E-state index contributed by atoms with van der Waals surface area (Å²) in [6.07, 6.45) is 0. The summed E-state index contributed by atoms with van der Waals surface area (Å²) in [5.41, 5.74) is 4.82. The Balaban J connectivity index is 1.34. The summed E-state index contributed by atoms with van der Waals surface area (Å²) in [5, 5.41) is 14.8. The van der Waals surface area contributed by atoms with Gasteiger partial charge in [0.25, 0.3) is 0 Å². The van der Waals surface area contributed by atoms with Gasteiger partial charge in [-0.25, -0.2) is 0 Å². The van der Waals surface area contributed by atoms with Gasteiger partial charge in [0.15, 0.2) is 11.6 Å². The Morgan fingerprint density at radius 1 is 0.914 bits per heavy atom. The molecule has 35 heavy (non-hydrogen) atoms. The number of nitrogens with zero attached hydrogens (tertiary/aromatic N) is 4. The molecule has 9 heteroatoms. The van der Waals surface area contributed by atoms with Crippen molar-refractivity contribution in [2.45, 2.75) is 31.2 Å². The number of hydrogen-bond acceptors (Lipinski definition) is 7. The highest BCUT2D eigenvalue weighted by molar-refractivity contribution is 8.00. The van der Waals surface area contributed by atoms with Crippen molar-refractivity contribution in [2.24, 2.45) is 0 Å². The fourth-order valence-electron chi connectivity index (χ4n) is 4.08. The van der Waals surface area contributed by atoms with E-state index in [-0.39, 0.29) is 23.0 Å². The molecule has 0 fully saturated rings. The second kappa shape index (κ2) is 8.92. The first-order valence-corrected chi connectivity index (χ1v) is 11.9. The van der Waals surface area contributed by atoms with Crippen LogP contribution < -0.4 is 5.32 Å². The smallest absolute Gasteiger partial charge is 0.237 e. The number of carbonyl (C=O) groups is 3. The summed E-state index contributed by atoms with van der Waals surface area (Å²) in [6.45, 7) is 5.75. The number of nitrogens with one attached hydrogen (secondary N) is 1. The molecule has 1 atom stereocenters. The Hall–Kier alpha value is -4.11. The second-order valence-corrected chi connectivity index (χ2v) is 9.68. The second-order valence-electron chi connectivity index (χ2n) is 8.38. The molecule has 1 unspecified atom stereocenters. The first-order valence-electron chi connectivity index (χ1n) is 11.0. The van der Waals surface area contributed by atoms with Crippen LogP contribution in [0.25, 0.3) is 5.69 Å². The van der Waals surface area contributed by atoms with Gasteiger partial charge in [0.05, 0.1) is 10.9 Å². The molecule has 1 heterocycles. The molecule has 8 nitrogen and oxygen atoms in total. The van der Waals surface area contributed by atoms with Crippen molar-refractivity contribution in [3.63, 3.8) is 0 Å². The van der Waals surface area contributed by atoms with E-state index in [1.165, 1.54) is 11.8 Å². The van der Waals surface area contributed by atoms with Crippen LogP contribution in [0.15, 0.2) is 65.8 Å². The van der Waals surface area contributed by atoms with E-state index in [0.717, 1.165) is 16.8 Å². The van der Waals surface area contributed by atoms with Gasteiger partial charge >= 0.3 is 0 Å². The van der Waals surface area contributed by atoms with E-state index in [1.807, 2.05) is 32.0 Å². The minimum absolute atomic E-state index is 0.199.